The van der Waals surface area contributed by atoms with E-state index in [4.69, 9.17) is 16.3 Å². The highest BCUT2D eigenvalue weighted by atomic mass is 35.5. The first-order chi connectivity index (χ1) is 13.5. The Hall–Kier alpha value is -2.53. The lowest BCUT2D eigenvalue weighted by Crippen LogP contribution is -2.53. The van der Waals surface area contributed by atoms with E-state index >= 15 is 0 Å². The van der Waals surface area contributed by atoms with Gasteiger partial charge in [-0.15, -0.1) is 0 Å². The fourth-order valence-corrected chi connectivity index (χ4v) is 2.90. The number of halogens is 1. The smallest absolute Gasteiger partial charge is 0.261 e. The molecule has 2 amide bonds. The van der Waals surface area contributed by atoms with Gasteiger partial charge >= 0.3 is 0 Å². The summed E-state index contributed by atoms with van der Waals surface area (Å²) in [6.07, 6.45) is 0. The summed E-state index contributed by atoms with van der Waals surface area (Å²) in [5.74, 6) is 0.143. The molecule has 0 aliphatic heterocycles. The number of rotatable bonds is 7. The minimum atomic E-state index is -0.654. The third-order valence-electron chi connectivity index (χ3n) is 4.28. The molecular formula is C23H29ClN2O3. The molecule has 0 spiro atoms. The van der Waals surface area contributed by atoms with Crippen LogP contribution in [0.2, 0.25) is 5.02 Å². The Morgan fingerprint density at radius 1 is 1.14 bits per heavy atom. The maximum absolute atomic E-state index is 13.0. The largest absolute Gasteiger partial charge is 0.484 e. The van der Waals surface area contributed by atoms with Crippen molar-refractivity contribution in [1.29, 1.82) is 0 Å². The topological polar surface area (TPSA) is 58.6 Å². The molecule has 0 saturated heterocycles. The zero-order valence-electron chi connectivity index (χ0n) is 17.7. The molecule has 5 nitrogen and oxygen atoms in total. The van der Waals surface area contributed by atoms with Gasteiger partial charge in [0.1, 0.15) is 11.8 Å². The molecule has 1 unspecified atom stereocenters. The van der Waals surface area contributed by atoms with E-state index < -0.39 is 11.6 Å². The molecule has 0 radical (unpaired) electrons. The molecule has 1 atom stereocenters. The van der Waals surface area contributed by atoms with Gasteiger partial charge in [0.25, 0.3) is 5.91 Å². The van der Waals surface area contributed by atoms with E-state index in [-0.39, 0.29) is 25.0 Å². The number of carbonyl (C=O) groups is 2. The highest BCUT2D eigenvalue weighted by Crippen LogP contribution is 2.16. The van der Waals surface area contributed by atoms with Crippen molar-refractivity contribution >= 4 is 23.4 Å². The number of benzene rings is 2. The summed E-state index contributed by atoms with van der Waals surface area (Å²) < 4.78 is 5.67. The monoisotopic (exact) mass is 416 g/mol. The first-order valence-electron chi connectivity index (χ1n) is 9.60. The molecule has 29 heavy (non-hydrogen) atoms. The Bertz CT molecular complexity index is 844. The third-order valence-corrected chi connectivity index (χ3v) is 4.54. The second kappa shape index (κ2) is 9.79. The van der Waals surface area contributed by atoms with Gasteiger partial charge < -0.3 is 15.0 Å². The predicted molar refractivity (Wildman–Crippen MR) is 116 cm³/mol. The van der Waals surface area contributed by atoms with Crippen LogP contribution in [0.25, 0.3) is 0 Å². The molecule has 6 heteroatoms. The minimum Gasteiger partial charge on any atom is -0.484 e. The Labute approximate surface area is 178 Å². The van der Waals surface area contributed by atoms with Crippen molar-refractivity contribution in [2.45, 2.75) is 52.7 Å². The molecule has 1 N–H and O–H groups in total. The fraction of sp³-hybridized carbons (Fsp3) is 0.391. The molecule has 0 aromatic heterocycles. The summed E-state index contributed by atoms with van der Waals surface area (Å²) in [6.45, 7) is 9.54. The van der Waals surface area contributed by atoms with Crippen LogP contribution < -0.4 is 10.1 Å². The molecule has 0 aliphatic rings. The second-order valence-corrected chi connectivity index (χ2v) is 8.60. The molecule has 0 fully saturated rings. The van der Waals surface area contributed by atoms with E-state index in [1.54, 1.807) is 25.1 Å². The van der Waals surface area contributed by atoms with Crippen LogP contribution in [0.4, 0.5) is 0 Å². The summed E-state index contributed by atoms with van der Waals surface area (Å²) in [7, 11) is 0. The van der Waals surface area contributed by atoms with Gasteiger partial charge in [0.2, 0.25) is 5.91 Å². The van der Waals surface area contributed by atoms with E-state index in [2.05, 4.69) is 5.32 Å². The molecule has 2 rings (SSSR count). The van der Waals surface area contributed by atoms with Gasteiger partial charge in [-0.25, -0.2) is 0 Å². The normalized spacial score (nSPS) is 12.2. The van der Waals surface area contributed by atoms with Gasteiger partial charge in [0.05, 0.1) is 0 Å². The van der Waals surface area contributed by atoms with Gasteiger partial charge in [-0.05, 0) is 70.0 Å². The molecule has 0 saturated carbocycles. The molecule has 0 heterocycles. The van der Waals surface area contributed by atoms with Crippen LogP contribution in [0, 0.1) is 6.92 Å². The lowest BCUT2D eigenvalue weighted by atomic mass is 10.1. The zero-order valence-corrected chi connectivity index (χ0v) is 18.4. The summed E-state index contributed by atoms with van der Waals surface area (Å²) in [5.41, 5.74) is 1.54. The number of nitrogens with zero attached hydrogens (tertiary/aromatic N) is 1. The third kappa shape index (κ3) is 7.42. The Morgan fingerprint density at radius 2 is 1.79 bits per heavy atom. The van der Waals surface area contributed by atoms with Crippen molar-refractivity contribution in [3.63, 3.8) is 0 Å². The summed E-state index contributed by atoms with van der Waals surface area (Å²) in [4.78, 5) is 27.2. The molecule has 2 aromatic rings. The number of aryl methyl sites for hydroxylation is 1. The average molecular weight is 417 g/mol. The quantitative estimate of drug-likeness (QED) is 0.729. The van der Waals surface area contributed by atoms with Crippen LogP contribution in [0.5, 0.6) is 5.75 Å². The van der Waals surface area contributed by atoms with Crippen molar-refractivity contribution in [3.05, 3.63) is 64.7 Å². The van der Waals surface area contributed by atoms with Crippen molar-refractivity contribution in [1.82, 2.24) is 10.2 Å². The average Bonchev–Trinajstić information content (AvgIpc) is 2.64. The Kier molecular flexibility index (Phi) is 7.68. The highest BCUT2D eigenvalue weighted by molar-refractivity contribution is 6.30. The number of hydrogen-bond donors (Lipinski definition) is 1. The predicted octanol–water partition coefficient (Wildman–Crippen LogP) is 4.36. The van der Waals surface area contributed by atoms with Crippen LogP contribution >= 0.6 is 11.6 Å². The number of nitrogens with one attached hydrogen (secondary N) is 1. The molecule has 0 aliphatic carbocycles. The second-order valence-electron chi connectivity index (χ2n) is 8.17. The van der Waals surface area contributed by atoms with Gasteiger partial charge in [-0.3, -0.25) is 9.59 Å². The summed E-state index contributed by atoms with van der Waals surface area (Å²) in [5, 5.41) is 3.55. The van der Waals surface area contributed by atoms with Crippen molar-refractivity contribution in [2.75, 3.05) is 6.61 Å². The van der Waals surface area contributed by atoms with Crippen molar-refractivity contribution in [3.8, 4) is 5.75 Å². The SMILES string of the molecule is Cc1cccc(OCC(=O)N(Cc2ccc(Cl)cc2)C(C)C(=O)NC(C)(C)C)c1. The number of hydrogen-bond acceptors (Lipinski definition) is 3. The standard InChI is InChI=1S/C23H29ClN2O3/c1-16-7-6-8-20(13-16)29-15-21(27)26(14-18-9-11-19(24)12-10-18)17(2)22(28)25-23(3,4)5/h6-13,17H,14-15H2,1-5H3,(H,25,28). The molecule has 0 bridgehead atoms. The van der Waals surface area contributed by atoms with Crippen molar-refractivity contribution in [2.24, 2.45) is 0 Å². The first kappa shape index (κ1) is 22.8. The van der Waals surface area contributed by atoms with E-state index in [1.807, 2.05) is 58.0 Å². The zero-order chi connectivity index (χ0) is 21.6. The van der Waals surface area contributed by atoms with Crippen LogP contribution in [0.15, 0.2) is 48.5 Å². The van der Waals surface area contributed by atoms with E-state index in [1.165, 1.54) is 4.90 Å². The van der Waals surface area contributed by atoms with E-state index in [0.717, 1.165) is 11.1 Å². The van der Waals surface area contributed by atoms with E-state index in [9.17, 15) is 9.59 Å². The van der Waals surface area contributed by atoms with Crippen molar-refractivity contribution < 1.29 is 14.3 Å². The van der Waals surface area contributed by atoms with Crippen LogP contribution in [-0.4, -0.2) is 34.9 Å². The van der Waals surface area contributed by atoms with Gasteiger partial charge in [-0.1, -0.05) is 35.9 Å². The Morgan fingerprint density at radius 3 is 2.38 bits per heavy atom. The number of amides is 2. The Balaban J connectivity index is 2.16. The fourth-order valence-electron chi connectivity index (χ4n) is 2.78. The summed E-state index contributed by atoms with van der Waals surface area (Å²) in [6, 6.07) is 14.1. The lowest BCUT2D eigenvalue weighted by molar-refractivity contribution is -0.142. The molecule has 2 aromatic carbocycles. The van der Waals surface area contributed by atoms with Gasteiger partial charge in [0, 0.05) is 17.1 Å². The highest BCUT2D eigenvalue weighted by Gasteiger charge is 2.28. The van der Waals surface area contributed by atoms with Crippen LogP contribution in [0.1, 0.15) is 38.8 Å². The van der Waals surface area contributed by atoms with Crippen LogP contribution in [0.3, 0.4) is 0 Å². The van der Waals surface area contributed by atoms with Crippen LogP contribution in [-0.2, 0) is 16.1 Å². The number of carbonyl (C=O) groups excluding carboxylic acids is 2. The first-order valence-corrected chi connectivity index (χ1v) is 9.98. The van der Waals surface area contributed by atoms with E-state index in [0.29, 0.717) is 10.8 Å². The lowest BCUT2D eigenvalue weighted by Gasteiger charge is -2.31. The summed E-state index contributed by atoms with van der Waals surface area (Å²) >= 11 is 5.96. The number of ether oxygens (including phenoxy) is 1. The minimum absolute atomic E-state index is 0.149. The molecule has 156 valence electrons. The maximum atomic E-state index is 13.0. The van der Waals surface area contributed by atoms with Gasteiger partial charge in [-0.2, -0.15) is 0 Å². The van der Waals surface area contributed by atoms with Gasteiger partial charge in [0.15, 0.2) is 6.61 Å². The maximum Gasteiger partial charge on any atom is 0.261 e. The molecular weight excluding hydrogens is 388 g/mol.